The lowest BCUT2D eigenvalue weighted by Crippen LogP contribution is -2.62. The highest BCUT2D eigenvalue weighted by Crippen LogP contribution is 2.24. The molecule has 0 spiro atoms. The number of rotatable bonds is 2. The molecular weight excluding hydrogens is 170 g/mol. The fraction of sp³-hybridized carbons (Fsp3) is 0.385. The third-order valence-electron chi connectivity index (χ3n) is 2.41. The van der Waals surface area contributed by atoms with Crippen LogP contribution in [0.1, 0.15) is 27.2 Å². The zero-order valence-corrected chi connectivity index (χ0v) is 9.43. The standard InChI is InChI=1S/C13H19N/c1-5-12-11(6-9(2)3)7-10(4)8-13(12)14/h5-7,13H,1,8,14H2,2-4H3/p+1. The molecule has 1 nitrogen and oxygen atoms in total. The second kappa shape index (κ2) is 4.43. The highest BCUT2D eigenvalue weighted by Gasteiger charge is 2.18. The maximum absolute atomic E-state index is 4.16. The van der Waals surface area contributed by atoms with Gasteiger partial charge in [0.15, 0.2) is 0 Å². The third-order valence-corrected chi connectivity index (χ3v) is 2.41. The van der Waals surface area contributed by atoms with Gasteiger partial charge in [-0.2, -0.15) is 0 Å². The molecule has 1 unspecified atom stereocenters. The number of hydrogen-bond acceptors (Lipinski definition) is 0. The van der Waals surface area contributed by atoms with Crippen molar-refractivity contribution in [1.82, 2.24) is 0 Å². The number of hydrogen-bond donors (Lipinski definition) is 1. The van der Waals surface area contributed by atoms with Crippen LogP contribution in [0.3, 0.4) is 0 Å². The molecule has 0 aromatic rings. The highest BCUT2D eigenvalue weighted by molar-refractivity contribution is 5.47. The first-order valence-electron chi connectivity index (χ1n) is 5.06. The Morgan fingerprint density at radius 3 is 2.71 bits per heavy atom. The van der Waals surface area contributed by atoms with E-state index in [2.05, 4.69) is 45.2 Å². The van der Waals surface area contributed by atoms with Crippen LogP contribution in [0.2, 0.25) is 0 Å². The zero-order valence-electron chi connectivity index (χ0n) is 9.43. The lowest BCUT2D eigenvalue weighted by Gasteiger charge is -2.18. The molecule has 0 radical (unpaired) electrons. The second-order valence-corrected chi connectivity index (χ2v) is 4.23. The summed E-state index contributed by atoms with van der Waals surface area (Å²) in [6.45, 7) is 10.3. The Morgan fingerprint density at radius 1 is 1.57 bits per heavy atom. The van der Waals surface area contributed by atoms with Gasteiger partial charge in [-0.1, -0.05) is 36.0 Å². The lowest BCUT2D eigenvalue weighted by molar-refractivity contribution is -0.405. The van der Waals surface area contributed by atoms with E-state index in [-0.39, 0.29) is 0 Å². The van der Waals surface area contributed by atoms with Gasteiger partial charge in [0.2, 0.25) is 0 Å². The molecule has 0 fully saturated rings. The van der Waals surface area contributed by atoms with E-state index in [0.29, 0.717) is 6.04 Å². The van der Waals surface area contributed by atoms with Gasteiger partial charge in [-0.3, -0.25) is 0 Å². The smallest absolute Gasteiger partial charge is 0.114 e. The largest absolute Gasteiger partial charge is 0.351 e. The molecule has 1 heteroatoms. The van der Waals surface area contributed by atoms with E-state index in [4.69, 9.17) is 0 Å². The molecule has 1 aliphatic rings. The van der Waals surface area contributed by atoms with Crippen molar-refractivity contribution < 1.29 is 5.73 Å². The summed E-state index contributed by atoms with van der Waals surface area (Å²) in [4.78, 5) is 0. The van der Waals surface area contributed by atoms with Crippen LogP contribution in [0.25, 0.3) is 0 Å². The van der Waals surface area contributed by atoms with Crippen molar-refractivity contribution in [3.8, 4) is 0 Å². The Morgan fingerprint density at radius 2 is 2.21 bits per heavy atom. The quantitative estimate of drug-likeness (QED) is 0.692. The Kier molecular flexibility index (Phi) is 3.48. The molecule has 0 saturated carbocycles. The molecule has 0 heterocycles. The average Bonchev–Trinajstić information content (AvgIpc) is 2.01. The Balaban J connectivity index is 3.17. The van der Waals surface area contributed by atoms with E-state index < -0.39 is 0 Å². The summed E-state index contributed by atoms with van der Waals surface area (Å²) in [5, 5.41) is 0. The molecule has 0 aromatic heterocycles. The van der Waals surface area contributed by atoms with E-state index in [9.17, 15) is 0 Å². The van der Waals surface area contributed by atoms with Crippen LogP contribution < -0.4 is 5.73 Å². The van der Waals surface area contributed by atoms with Crippen LogP contribution >= 0.6 is 0 Å². The molecule has 1 atom stereocenters. The first-order valence-corrected chi connectivity index (χ1v) is 5.06. The highest BCUT2D eigenvalue weighted by atomic mass is 14.6. The normalized spacial score (nSPS) is 21.7. The minimum Gasteiger partial charge on any atom is -0.351 e. The van der Waals surface area contributed by atoms with Crippen LogP contribution in [0.5, 0.6) is 0 Å². The van der Waals surface area contributed by atoms with Crippen LogP contribution in [-0.2, 0) is 0 Å². The van der Waals surface area contributed by atoms with E-state index in [1.165, 1.54) is 22.3 Å². The maximum atomic E-state index is 4.16. The molecular formula is C13H20N+. The fourth-order valence-electron chi connectivity index (χ4n) is 1.86. The molecule has 14 heavy (non-hydrogen) atoms. The van der Waals surface area contributed by atoms with Crippen LogP contribution in [0.4, 0.5) is 0 Å². The van der Waals surface area contributed by atoms with E-state index in [0.717, 1.165) is 6.42 Å². The Hall–Kier alpha value is -1.08. The first kappa shape index (κ1) is 11.0. The third kappa shape index (κ3) is 2.46. The minimum atomic E-state index is 0.364. The second-order valence-electron chi connectivity index (χ2n) is 4.23. The van der Waals surface area contributed by atoms with E-state index in [1.807, 2.05) is 6.08 Å². The van der Waals surface area contributed by atoms with Crippen molar-refractivity contribution in [1.29, 1.82) is 0 Å². The topological polar surface area (TPSA) is 27.6 Å². The van der Waals surface area contributed by atoms with Gasteiger partial charge in [-0.25, -0.2) is 0 Å². The van der Waals surface area contributed by atoms with Crippen molar-refractivity contribution in [2.45, 2.75) is 33.2 Å². The van der Waals surface area contributed by atoms with Gasteiger partial charge in [-0.05, 0) is 26.3 Å². The zero-order chi connectivity index (χ0) is 10.7. The Labute approximate surface area is 86.7 Å². The summed E-state index contributed by atoms with van der Waals surface area (Å²) in [7, 11) is 0. The SMILES string of the molecule is C=CC1=C(C=C(C)C)C=C(C)CC1[NH3+]. The van der Waals surface area contributed by atoms with Crippen LogP contribution in [0, 0.1) is 0 Å². The summed E-state index contributed by atoms with van der Waals surface area (Å²) in [5.74, 6) is 0. The minimum absolute atomic E-state index is 0.364. The van der Waals surface area contributed by atoms with Gasteiger partial charge in [0.25, 0.3) is 0 Å². The average molecular weight is 190 g/mol. The predicted molar refractivity (Wildman–Crippen MR) is 61.7 cm³/mol. The van der Waals surface area contributed by atoms with Crippen LogP contribution in [-0.4, -0.2) is 6.04 Å². The van der Waals surface area contributed by atoms with Crippen LogP contribution in [0.15, 0.2) is 47.1 Å². The molecule has 0 bridgehead atoms. The molecule has 0 aliphatic heterocycles. The summed E-state index contributed by atoms with van der Waals surface area (Å²) >= 11 is 0. The first-order chi connectivity index (χ1) is 6.54. The van der Waals surface area contributed by atoms with Gasteiger partial charge in [0.05, 0.1) is 0 Å². The monoisotopic (exact) mass is 190 g/mol. The van der Waals surface area contributed by atoms with Crippen molar-refractivity contribution in [2.24, 2.45) is 0 Å². The molecule has 3 N–H and O–H groups in total. The molecule has 1 aliphatic carbocycles. The van der Waals surface area contributed by atoms with Crippen molar-refractivity contribution in [3.63, 3.8) is 0 Å². The summed E-state index contributed by atoms with van der Waals surface area (Å²) in [6.07, 6.45) is 7.44. The molecule has 0 saturated heterocycles. The van der Waals surface area contributed by atoms with E-state index >= 15 is 0 Å². The molecule has 0 amide bonds. The fourth-order valence-corrected chi connectivity index (χ4v) is 1.86. The molecule has 76 valence electrons. The summed E-state index contributed by atoms with van der Waals surface area (Å²) < 4.78 is 0. The maximum Gasteiger partial charge on any atom is 0.114 e. The van der Waals surface area contributed by atoms with E-state index in [1.54, 1.807) is 0 Å². The van der Waals surface area contributed by atoms with Gasteiger partial charge < -0.3 is 5.73 Å². The molecule has 0 aromatic carbocycles. The summed E-state index contributed by atoms with van der Waals surface area (Å²) in [5.41, 5.74) is 9.44. The number of allylic oxidation sites excluding steroid dienone is 4. The summed E-state index contributed by atoms with van der Waals surface area (Å²) in [6, 6.07) is 0.364. The predicted octanol–water partition coefficient (Wildman–Crippen LogP) is 2.40. The van der Waals surface area contributed by atoms with Gasteiger partial charge in [0.1, 0.15) is 6.04 Å². The van der Waals surface area contributed by atoms with Gasteiger partial charge >= 0.3 is 0 Å². The van der Waals surface area contributed by atoms with Gasteiger partial charge in [0, 0.05) is 12.0 Å². The van der Waals surface area contributed by atoms with Crippen molar-refractivity contribution in [2.75, 3.05) is 0 Å². The Bertz CT molecular complexity index is 321. The van der Waals surface area contributed by atoms with Crippen molar-refractivity contribution >= 4 is 0 Å². The lowest BCUT2D eigenvalue weighted by atomic mass is 9.88. The van der Waals surface area contributed by atoms with Gasteiger partial charge in [-0.15, -0.1) is 0 Å². The molecule has 1 rings (SSSR count). The number of quaternary nitrogens is 1. The van der Waals surface area contributed by atoms with Crippen molar-refractivity contribution in [3.05, 3.63) is 47.1 Å².